The number of sulfonamides is 1. The summed E-state index contributed by atoms with van der Waals surface area (Å²) < 4.78 is 27.0. The predicted molar refractivity (Wildman–Crippen MR) is 129 cm³/mol. The van der Waals surface area contributed by atoms with E-state index in [4.69, 9.17) is 0 Å². The van der Waals surface area contributed by atoms with Crippen molar-refractivity contribution in [2.45, 2.75) is 77.3 Å². The fraction of sp³-hybridized carbons (Fsp3) is 0.680. The number of amides is 2. The van der Waals surface area contributed by atoms with Crippen molar-refractivity contribution in [3.8, 4) is 0 Å². The molecule has 2 aliphatic rings. The van der Waals surface area contributed by atoms with Crippen LogP contribution in [0.3, 0.4) is 0 Å². The van der Waals surface area contributed by atoms with Crippen LogP contribution in [0.25, 0.3) is 0 Å². The van der Waals surface area contributed by atoms with Gasteiger partial charge in [-0.3, -0.25) is 9.59 Å². The zero-order chi connectivity index (χ0) is 24.3. The Morgan fingerprint density at radius 3 is 2.30 bits per heavy atom. The van der Waals surface area contributed by atoms with Crippen molar-refractivity contribution in [3.63, 3.8) is 0 Å². The molecule has 7 nitrogen and oxygen atoms in total. The Bertz CT molecular complexity index is 958. The number of hydrogen-bond donors (Lipinski definition) is 2. The second-order valence-electron chi connectivity index (χ2n) is 9.95. The Kier molecular flexibility index (Phi) is 8.22. The molecule has 0 unspecified atom stereocenters. The van der Waals surface area contributed by atoms with Crippen LogP contribution in [0.5, 0.6) is 0 Å². The zero-order valence-corrected chi connectivity index (χ0v) is 21.3. The summed E-state index contributed by atoms with van der Waals surface area (Å²) in [6, 6.07) is 5.40. The van der Waals surface area contributed by atoms with Gasteiger partial charge in [-0.1, -0.05) is 40.2 Å². The number of hydrogen-bond acceptors (Lipinski definition) is 4. The van der Waals surface area contributed by atoms with Gasteiger partial charge in [-0.25, -0.2) is 8.42 Å². The average Bonchev–Trinajstić information content (AvgIpc) is 3.41. The summed E-state index contributed by atoms with van der Waals surface area (Å²) in [6.07, 6.45) is 5.03. The highest BCUT2D eigenvalue weighted by atomic mass is 32.2. The quantitative estimate of drug-likeness (QED) is 0.540. The van der Waals surface area contributed by atoms with Crippen LogP contribution in [-0.2, 0) is 14.8 Å². The van der Waals surface area contributed by atoms with Crippen molar-refractivity contribution >= 4 is 21.8 Å². The first kappa shape index (κ1) is 25.7. The van der Waals surface area contributed by atoms with Crippen molar-refractivity contribution in [2.75, 3.05) is 13.1 Å². The van der Waals surface area contributed by atoms with Crippen LogP contribution in [0, 0.1) is 23.7 Å². The lowest BCUT2D eigenvalue weighted by atomic mass is 9.84. The highest BCUT2D eigenvalue weighted by Crippen LogP contribution is 2.49. The van der Waals surface area contributed by atoms with Gasteiger partial charge in [0, 0.05) is 24.7 Å². The molecule has 1 aromatic carbocycles. The van der Waals surface area contributed by atoms with Crippen molar-refractivity contribution in [3.05, 3.63) is 29.8 Å². The lowest BCUT2D eigenvalue weighted by molar-refractivity contribution is -0.125. The summed E-state index contributed by atoms with van der Waals surface area (Å²) in [7, 11) is -3.67. The smallest absolute Gasteiger partial charge is 0.251 e. The third kappa shape index (κ3) is 5.60. The van der Waals surface area contributed by atoms with E-state index < -0.39 is 22.0 Å². The molecular formula is C25H39N3O4S. The average molecular weight is 478 g/mol. The van der Waals surface area contributed by atoms with E-state index in [1.54, 1.807) is 26.0 Å². The van der Waals surface area contributed by atoms with Crippen LogP contribution >= 0.6 is 0 Å². The molecule has 8 heteroatoms. The van der Waals surface area contributed by atoms with Crippen LogP contribution < -0.4 is 10.6 Å². The molecular weight excluding hydrogens is 438 g/mol. The van der Waals surface area contributed by atoms with Crippen molar-refractivity contribution in [1.82, 2.24) is 14.9 Å². The fourth-order valence-electron chi connectivity index (χ4n) is 5.60. The van der Waals surface area contributed by atoms with E-state index in [2.05, 4.69) is 17.6 Å². The van der Waals surface area contributed by atoms with E-state index in [-0.39, 0.29) is 28.3 Å². The van der Waals surface area contributed by atoms with E-state index >= 15 is 0 Å². The molecule has 0 saturated heterocycles. The predicted octanol–water partition coefficient (Wildman–Crippen LogP) is 3.41. The van der Waals surface area contributed by atoms with Gasteiger partial charge in [-0.2, -0.15) is 4.31 Å². The molecule has 5 atom stereocenters. The third-order valence-electron chi connectivity index (χ3n) is 7.48. The van der Waals surface area contributed by atoms with Crippen molar-refractivity contribution in [2.24, 2.45) is 23.7 Å². The van der Waals surface area contributed by atoms with E-state index in [1.807, 2.05) is 13.8 Å². The Morgan fingerprint density at radius 2 is 1.76 bits per heavy atom. The molecule has 0 radical (unpaired) electrons. The molecule has 184 valence electrons. The number of carbonyl (C=O) groups is 2. The molecule has 2 fully saturated rings. The molecule has 2 amide bonds. The molecule has 2 aliphatic carbocycles. The first-order chi connectivity index (χ1) is 15.6. The Balaban J connectivity index is 1.69. The number of nitrogens with one attached hydrogen (secondary N) is 2. The molecule has 0 aromatic heterocycles. The highest BCUT2D eigenvalue weighted by molar-refractivity contribution is 7.89. The minimum absolute atomic E-state index is 0.0773. The summed E-state index contributed by atoms with van der Waals surface area (Å²) in [5.74, 6) is 1.28. The summed E-state index contributed by atoms with van der Waals surface area (Å²) >= 11 is 0. The molecule has 2 bridgehead atoms. The van der Waals surface area contributed by atoms with Gasteiger partial charge in [-0.05, 0) is 68.1 Å². The summed E-state index contributed by atoms with van der Waals surface area (Å²) in [5, 5.41) is 5.99. The van der Waals surface area contributed by atoms with Gasteiger partial charge in [0.2, 0.25) is 15.9 Å². The summed E-state index contributed by atoms with van der Waals surface area (Å²) in [4.78, 5) is 26.2. The Morgan fingerprint density at radius 1 is 1.06 bits per heavy atom. The van der Waals surface area contributed by atoms with Gasteiger partial charge in [-0.15, -0.1) is 0 Å². The minimum Gasteiger partial charge on any atom is -0.352 e. The topological polar surface area (TPSA) is 95.6 Å². The number of nitrogens with zero attached hydrogens (tertiary/aromatic N) is 1. The maximum Gasteiger partial charge on any atom is 0.251 e. The van der Waals surface area contributed by atoms with Gasteiger partial charge >= 0.3 is 0 Å². The van der Waals surface area contributed by atoms with Gasteiger partial charge in [0.05, 0.1) is 4.90 Å². The number of rotatable bonds is 10. The summed E-state index contributed by atoms with van der Waals surface area (Å²) in [6.45, 7) is 10.1. The molecule has 2 N–H and O–H groups in total. The fourth-order valence-corrected chi connectivity index (χ4v) is 7.10. The van der Waals surface area contributed by atoms with Crippen molar-refractivity contribution < 1.29 is 18.0 Å². The molecule has 0 aliphatic heterocycles. The van der Waals surface area contributed by atoms with Crippen molar-refractivity contribution in [1.29, 1.82) is 0 Å². The molecule has 3 rings (SSSR count). The number of carbonyl (C=O) groups excluding carboxylic acids is 2. The van der Waals surface area contributed by atoms with E-state index in [1.165, 1.54) is 42.1 Å². The van der Waals surface area contributed by atoms with Crippen LogP contribution in [0.2, 0.25) is 0 Å². The maximum atomic E-state index is 13.1. The third-order valence-corrected chi connectivity index (χ3v) is 9.53. The normalized spacial score (nSPS) is 24.2. The largest absolute Gasteiger partial charge is 0.352 e. The lowest BCUT2D eigenvalue weighted by Gasteiger charge is -2.31. The number of fused-ring (bicyclic) bond motifs is 2. The molecule has 1 aromatic rings. The van der Waals surface area contributed by atoms with Gasteiger partial charge in [0.1, 0.15) is 6.04 Å². The number of benzene rings is 1. The van der Waals surface area contributed by atoms with Crippen LogP contribution in [0.4, 0.5) is 0 Å². The molecule has 2 saturated carbocycles. The second kappa shape index (κ2) is 10.6. The zero-order valence-electron chi connectivity index (χ0n) is 20.5. The van der Waals surface area contributed by atoms with Crippen LogP contribution in [0.1, 0.15) is 70.7 Å². The van der Waals surface area contributed by atoms with Gasteiger partial charge in [0.15, 0.2) is 0 Å². The minimum atomic E-state index is -3.67. The van der Waals surface area contributed by atoms with Crippen LogP contribution in [-0.4, -0.2) is 49.7 Å². The van der Waals surface area contributed by atoms with E-state index in [9.17, 15) is 18.0 Å². The monoisotopic (exact) mass is 477 g/mol. The first-order valence-corrected chi connectivity index (χ1v) is 13.7. The molecule has 33 heavy (non-hydrogen) atoms. The Hall–Kier alpha value is -1.93. The standard InChI is InChI=1S/C25H39N3O4S/c1-6-28(7-2)33(31,32)21-10-8-9-20(15-21)24(29)27-23(16(3)4)25(30)26-17(5)22-14-18-11-12-19(22)13-18/h8-10,15-19,22-23H,6-7,11-14H2,1-5H3,(H,26,30)(H,27,29)/t17-,18-,19-,22+,23-/m1/s1. The molecule has 0 spiro atoms. The van der Waals surface area contributed by atoms with Crippen LogP contribution in [0.15, 0.2) is 29.2 Å². The first-order valence-electron chi connectivity index (χ1n) is 12.3. The van der Waals surface area contributed by atoms with E-state index in [0.29, 0.717) is 24.9 Å². The highest BCUT2D eigenvalue weighted by Gasteiger charge is 2.42. The van der Waals surface area contributed by atoms with E-state index in [0.717, 1.165) is 5.92 Å². The maximum absolute atomic E-state index is 13.1. The molecule has 0 heterocycles. The van der Waals surface area contributed by atoms with Gasteiger partial charge < -0.3 is 10.6 Å². The lowest BCUT2D eigenvalue weighted by Crippen LogP contribution is -2.53. The SMILES string of the molecule is CCN(CC)S(=O)(=O)c1cccc(C(=O)N[C@@H](C(=O)N[C@H](C)[C@@H]2C[C@@H]3CC[C@@H]2C3)C(C)C)c1. The second-order valence-corrected chi connectivity index (χ2v) is 11.9. The summed E-state index contributed by atoms with van der Waals surface area (Å²) in [5.41, 5.74) is 0.225. The van der Waals surface area contributed by atoms with Gasteiger partial charge in [0.25, 0.3) is 5.91 Å². The Labute approximate surface area is 198 Å².